The maximum Gasteiger partial charge on any atom is 0.175 e. The Morgan fingerprint density at radius 1 is 1.23 bits per heavy atom. The molecule has 1 unspecified atom stereocenters. The van der Waals surface area contributed by atoms with Crippen molar-refractivity contribution in [3.63, 3.8) is 0 Å². The molecule has 2 aromatic rings. The molecule has 0 bridgehead atoms. The van der Waals surface area contributed by atoms with E-state index in [0.29, 0.717) is 17.3 Å². The largest absolute Gasteiger partial charge is 0.353 e. The molecule has 0 amide bonds. The molecule has 0 aromatic carbocycles. The van der Waals surface area contributed by atoms with Gasteiger partial charge in [0, 0.05) is 50.9 Å². The smallest absolute Gasteiger partial charge is 0.175 e. The SMILES string of the molecule is CCC(C)N1CCc2c(CN3CCN(C)CC3)nc3c(C#N)cnn3c21. The van der Waals surface area contributed by atoms with Crippen molar-refractivity contribution < 1.29 is 0 Å². The van der Waals surface area contributed by atoms with Gasteiger partial charge in [-0.1, -0.05) is 6.92 Å². The van der Waals surface area contributed by atoms with Crippen LogP contribution in [0.2, 0.25) is 0 Å². The van der Waals surface area contributed by atoms with Gasteiger partial charge in [-0.15, -0.1) is 0 Å². The molecule has 0 radical (unpaired) electrons. The summed E-state index contributed by atoms with van der Waals surface area (Å²) in [7, 11) is 2.18. The predicted molar refractivity (Wildman–Crippen MR) is 101 cm³/mol. The number of nitriles is 1. The summed E-state index contributed by atoms with van der Waals surface area (Å²) in [6, 6.07) is 2.70. The molecule has 2 aliphatic rings. The Morgan fingerprint density at radius 2 is 2.00 bits per heavy atom. The number of hydrogen-bond acceptors (Lipinski definition) is 6. The monoisotopic (exact) mass is 353 g/mol. The van der Waals surface area contributed by atoms with Crippen LogP contribution in [0.4, 0.5) is 5.82 Å². The minimum Gasteiger partial charge on any atom is -0.353 e. The van der Waals surface area contributed by atoms with Crippen molar-refractivity contribution in [1.82, 2.24) is 24.4 Å². The summed E-state index contributed by atoms with van der Waals surface area (Å²) in [5.74, 6) is 1.15. The second kappa shape index (κ2) is 6.86. The van der Waals surface area contributed by atoms with Gasteiger partial charge >= 0.3 is 0 Å². The highest BCUT2D eigenvalue weighted by atomic mass is 15.4. The van der Waals surface area contributed by atoms with Crippen molar-refractivity contribution in [2.75, 3.05) is 44.7 Å². The van der Waals surface area contributed by atoms with E-state index in [1.54, 1.807) is 6.20 Å². The van der Waals surface area contributed by atoms with E-state index >= 15 is 0 Å². The Balaban J connectivity index is 1.77. The van der Waals surface area contributed by atoms with Crippen LogP contribution in [0.15, 0.2) is 6.20 Å². The molecule has 138 valence electrons. The summed E-state index contributed by atoms with van der Waals surface area (Å²) in [5.41, 5.74) is 3.69. The third-order valence-corrected chi connectivity index (χ3v) is 5.89. The van der Waals surface area contributed by atoms with Crippen LogP contribution >= 0.6 is 0 Å². The molecule has 1 atom stereocenters. The van der Waals surface area contributed by atoms with Crippen LogP contribution < -0.4 is 4.90 Å². The van der Waals surface area contributed by atoms with Gasteiger partial charge < -0.3 is 9.80 Å². The molecule has 7 nitrogen and oxygen atoms in total. The summed E-state index contributed by atoms with van der Waals surface area (Å²) in [6.07, 6.45) is 3.74. The van der Waals surface area contributed by atoms with Gasteiger partial charge in [0.1, 0.15) is 17.5 Å². The summed E-state index contributed by atoms with van der Waals surface area (Å²) in [6.45, 7) is 10.7. The fraction of sp³-hybridized carbons (Fsp3) is 0.632. The summed E-state index contributed by atoms with van der Waals surface area (Å²) in [4.78, 5) is 12.2. The van der Waals surface area contributed by atoms with Crippen LogP contribution in [-0.4, -0.2) is 70.2 Å². The number of piperazine rings is 1. The Bertz CT molecular complexity index is 842. The maximum absolute atomic E-state index is 9.46. The molecule has 7 heteroatoms. The van der Waals surface area contributed by atoms with Gasteiger partial charge in [-0.2, -0.15) is 14.9 Å². The summed E-state index contributed by atoms with van der Waals surface area (Å²) >= 11 is 0. The van der Waals surface area contributed by atoms with Gasteiger partial charge in [0.15, 0.2) is 5.65 Å². The van der Waals surface area contributed by atoms with E-state index in [1.165, 1.54) is 5.56 Å². The molecule has 2 aromatic heterocycles. The first kappa shape index (κ1) is 17.3. The van der Waals surface area contributed by atoms with E-state index in [0.717, 1.165) is 63.6 Å². The molecule has 2 aliphatic heterocycles. The van der Waals surface area contributed by atoms with Crippen LogP contribution in [0.1, 0.15) is 37.1 Å². The van der Waals surface area contributed by atoms with Crippen LogP contribution in [0.3, 0.4) is 0 Å². The highest BCUT2D eigenvalue weighted by Crippen LogP contribution is 2.34. The highest BCUT2D eigenvalue weighted by Gasteiger charge is 2.31. The fourth-order valence-corrected chi connectivity index (χ4v) is 4.02. The van der Waals surface area contributed by atoms with Gasteiger partial charge in [-0.25, -0.2) is 4.98 Å². The zero-order valence-electron chi connectivity index (χ0n) is 15.9. The summed E-state index contributed by atoms with van der Waals surface area (Å²) in [5, 5.41) is 14.0. The minimum atomic E-state index is 0.452. The lowest BCUT2D eigenvalue weighted by molar-refractivity contribution is 0.146. The Kier molecular flexibility index (Phi) is 4.55. The number of aromatic nitrogens is 3. The molecular formula is C19H27N7. The first-order valence-corrected chi connectivity index (χ1v) is 9.59. The van der Waals surface area contributed by atoms with Gasteiger partial charge in [0.2, 0.25) is 0 Å². The predicted octanol–water partition coefficient (Wildman–Crippen LogP) is 1.51. The Labute approximate surface area is 154 Å². The molecule has 0 spiro atoms. The third kappa shape index (κ3) is 2.83. The van der Waals surface area contributed by atoms with Gasteiger partial charge in [0.25, 0.3) is 0 Å². The zero-order valence-corrected chi connectivity index (χ0v) is 15.9. The lowest BCUT2D eigenvalue weighted by Gasteiger charge is -2.32. The molecule has 1 fully saturated rings. The van der Waals surface area contributed by atoms with Crippen LogP contribution in [0, 0.1) is 11.3 Å². The highest BCUT2D eigenvalue weighted by molar-refractivity contribution is 5.65. The maximum atomic E-state index is 9.46. The normalized spacial score (nSPS) is 19.7. The van der Waals surface area contributed by atoms with E-state index in [4.69, 9.17) is 4.98 Å². The lowest BCUT2D eigenvalue weighted by atomic mass is 10.1. The first-order valence-electron chi connectivity index (χ1n) is 9.59. The summed E-state index contributed by atoms with van der Waals surface area (Å²) < 4.78 is 1.89. The molecule has 0 aliphatic carbocycles. The van der Waals surface area contributed by atoms with Crippen molar-refractivity contribution in [1.29, 1.82) is 5.26 Å². The van der Waals surface area contributed by atoms with Gasteiger partial charge in [-0.3, -0.25) is 4.90 Å². The average molecular weight is 353 g/mol. The molecular weight excluding hydrogens is 326 g/mol. The Hall–Kier alpha value is -2.17. The number of anilines is 1. The average Bonchev–Trinajstić information content (AvgIpc) is 3.26. The van der Waals surface area contributed by atoms with Crippen LogP contribution in [0.5, 0.6) is 0 Å². The molecule has 26 heavy (non-hydrogen) atoms. The van der Waals surface area contributed by atoms with E-state index in [9.17, 15) is 5.26 Å². The number of likely N-dealkylation sites (N-methyl/N-ethyl adjacent to an activating group) is 1. The van der Waals surface area contributed by atoms with Crippen LogP contribution in [0.25, 0.3) is 5.65 Å². The standard InChI is InChI=1S/C19H27N7/c1-4-14(2)25-6-5-16-17(13-24-9-7-23(3)8-10-24)22-18-15(11-20)12-21-26(18)19(16)25/h12,14H,4-10,13H2,1-3H3. The second-order valence-electron chi connectivity index (χ2n) is 7.55. The van der Waals surface area contributed by atoms with Crippen molar-refractivity contribution in [3.05, 3.63) is 23.0 Å². The van der Waals surface area contributed by atoms with E-state index in [1.807, 2.05) is 4.52 Å². The van der Waals surface area contributed by atoms with Crippen molar-refractivity contribution in [2.24, 2.45) is 0 Å². The number of nitrogens with zero attached hydrogens (tertiary/aromatic N) is 7. The zero-order chi connectivity index (χ0) is 18.3. The van der Waals surface area contributed by atoms with Crippen molar-refractivity contribution >= 4 is 11.5 Å². The second-order valence-corrected chi connectivity index (χ2v) is 7.55. The Morgan fingerprint density at radius 3 is 2.69 bits per heavy atom. The third-order valence-electron chi connectivity index (χ3n) is 5.89. The molecule has 0 saturated carbocycles. The minimum absolute atomic E-state index is 0.452. The van der Waals surface area contributed by atoms with Gasteiger partial charge in [0.05, 0.1) is 11.9 Å². The van der Waals surface area contributed by atoms with E-state index in [-0.39, 0.29) is 0 Å². The van der Waals surface area contributed by atoms with Crippen molar-refractivity contribution in [3.8, 4) is 6.07 Å². The fourth-order valence-electron chi connectivity index (χ4n) is 4.02. The number of fused-ring (bicyclic) bond motifs is 3. The van der Waals surface area contributed by atoms with Crippen LogP contribution in [-0.2, 0) is 13.0 Å². The number of hydrogen-bond donors (Lipinski definition) is 0. The first-order chi connectivity index (χ1) is 12.6. The topological polar surface area (TPSA) is 63.7 Å². The molecule has 0 N–H and O–H groups in total. The lowest BCUT2D eigenvalue weighted by Crippen LogP contribution is -2.44. The quantitative estimate of drug-likeness (QED) is 0.830. The van der Waals surface area contributed by atoms with E-state index < -0.39 is 0 Å². The van der Waals surface area contributed by atoms with E-state index in [2.05, 4.69) is 46.8 Å². The van der Waals surface area contributed by atoms with Crippen molar-refractivity contribution in [2.45, 2.75) is 39.3 Å². The number of rotatable bonds is 4. The molecule has 4 rings (SSSR count). The molecule has 4 heterocycles. The molecule has 1 saturated heterocycles. The van der Waals surface area contributed by atoms with Gasteiger partial charge in [-0.05, 0) is 26.8 Å².